The van der Waals surface area contributed by atoms with Crippen LogP contribution in [-0.2, 0) is 0 Å². The van der Waals surface area contributed by atoms with Crippen LogP contribution in [-0.4, -0.2) is 27.9 Å². The van der Waals surface area contributed by atoms with E-state index in [0.717, 1.165) is 14.6 Å². The summed E-state index contributed by atoms with van der Waals surface area (Å²) in [7, 11) is 1.47. The van der Waals surface area contributed by atoms with E-state index in [1.807, 2.05) is 6.92 Å². The third-order valence-electron chi connectivity index (χ3n) is 2.78. The van der Waals surface area contributed by atoms with Crippen LogP contribution in [0, 0.1) is 6.92 Å². The zero-order valence-electron chi connectivity index (χ0n) is 10.8. The molecule has 0 aliphatic rings. The first kappa shape index (κ1) is 14.3. The Kier molecular flexibility index (Phi) is 3.89. The van der Waals surface area contributed by atoms with Gasteiger partial charge in [-0.2, -0.15) is 0 Å². The molecule has 1 aromatic heterocycles. The van der Waals surface area contributed by atoms with Crippen molar-refractivity contribution in [2.45, 2.75) is 6.92 Å². The molecule has 7 heteroatoms. The summed E-state index contributed by atoms with van der Waals surface area (Å²) in [6.45, 7) is 1.86. The fraction of sp³-hybridized carbons (Fsp3) is 0.154. The van der Waals surface area contributed by atoms with Gasteiger partial charge in [0, 0.05) is 17.7 Å². The Morgan fingerprint density at radius 2 is 2.10 bits per heavy atom. The molecule has 2 N–H and O–H groups in total. The van der Waals surface area contributed by atoms with Crippen LogP contribution in [0.15, 0.2) is 37.3 Å². The molecule has 0 aliphatic heterocycles. The van der Waals surface area contributed by atoms with Crippen LogP contribution in [0.25, 0.3) is 5.69 Å². The Morgan fingerprint density at radius 1 is 1.40 bits per heavy atom. The first-order valence-corrected chi connectivity index (χ1v) is 6.52. The molecule has 0 saturated carbocycles. The van der Waals surface area contributed by atoms with Crippen molar-refractivity contribution in [1.29, 1.82) is 0 Å². The lowest BCUT2D eigenvalue weighted by Crippen LogP contribution is -2.31. The molecule has 0 amide bonds. The maximum Gasteiger partial charge on any atom is 0.335 e. The highest BCUT2D eigenvalue weighted by atomic mass is 79.9. The average Bonchev–Trinajstić information content (AvgIpc) is 2.38. The van der Waals surface area contributed by atoms with Crippen LogP contribution in [0.3, 0.4) is 0 Å². The highest BCUT2D eigenvalue weighted by Gasteiger charge is 2.14. The lowest BCUT2D eigenvalue weighted by molar-refractivity contribution is 0.430. The van der Waals surface area contributed by atoms with Gasteiger partial charge in [-0.25, -0.2) is 9.36 Å². The second-order valence-electron chi connectivity index (χ2n) is 4.15. The number of nitrogens with one attached hydrogen (secondary N) is 1. The topological polar surface area (TPSA) is 87.4 Å². The molecule has 0 bridgehead atoms. The number of benzene rings is 1. The highest BCUT2D eigenvalue weighted by molar-refractivity contribution is 9.10. The number of aliphatic imine (C=N–C) groups is 1. The second-order valence-corrected chi connectivity index (χ2v) is 5.01. The summed E-state index contributed by atoms with van der Waals surface area (Å²) in [6, 6.07) is 5.13. The number of aromatic nitrogens is 2. The lowest BCUT2D eigenvalue weighted by atomic mass is 10.2. The van der Waals surface area contributed by atoms with Crippen molar-refractivity contribution in [2.75, 3.05) is 7.05 Å². The number of nitrogens with zero attached hydrogens (tertiary/aromatic N) is 2. The summed E-state index contributed by atoms with van der Waals surface area (Å²) in [4.78, 5) is 29.4. The number of halogens is 1. The van der Waals surface area contributed by atoms with Gasteiger partial charge >= 0.3 is 5.69 Å². The molecule has 6 nitrogen and oxygen atoms in total. The molecule has 0 radical (unpaired) electrons. The van der Waals surface area contributed by atoms with Crippen LogP contribution >= 0.6 is 15.9 Å². The molecule has 0 spiro atoms. The number of rotatable bonds is 2. The quantitative estimate of drug-likeness (QED) is 0.811. The van der Waals surface area contributed by atoms with E-state index in [1.165, 1.54) is 13.3 Å². The molecule has 20 heavy (non-hydrogen) atoms. The van der Waals surface area contributed by atoms with Gasteiger partial charge in [0.1, 0.15) is 5.56 Å². The largest absolute Gasteiger partial charge is 0.493 e. The normalized spacial score (nSPS) is 11.2. The molecular formula is C13H12BrN3O3. The zero-order valence-corrected chi connectivity index (χ0v) is 12.4. The minimum absolute atomic E-state index is 0.0623. The van der Waals surface area contributed by atoms with Gasteiger partial charge < -0.3 is 5.11 Å². The SMILES string of the molecule is CN=Cc1c(O)n(-c2ccc(Br)c(C)c2)c(=O)[nH]c1=O. The van der Waals surface area contributed by atoms with Crippen LogP contribution in [0.2, 0.25) is 0 Å². The van der Waals surface area contributed by atoms with Crippen LogP contribution in [0.1, 0.15) is 11.1 Å². The van der Waals surface area contributed by atoms with Crippen molar-refractivity contribution in [3.63, 3.8) is 0 Å². The molecule has 0 fully saturated rings. The fourth-order valence-corrected chi connectivity index (χ4v) is 2.04. The summed E-state index contributed by atoms with van der Waals surface area (Å²) >= 11 is 3.36. The van der Waals surface area contributed by atoms with Gasteiger partial charge in [0.25, 0.3) is 5.56 Å². The summed E-state index contributed by atoms with van der Waals surface area (Å²) in [5, 5.41) is 10.1. The Labute approximate surface area is 122 Å². The number of H-pyrrole nitrogens is 1. The Balaban J connectivity index is 2.80. The predicted molar refractivity (Wildman–Crippen MR) is 80.3 cm³/mol. The van der Waals surface area contributed by atoms with Crippen molar-refractivity contribution in [3.8, 4) is 11.6 Å². The number of aryl methyl sites for hydroxylation is 1. The number of aromatic amines is 1. The minimum Gasteiger partial charge on any atom is -0.493 e. The smallest absolute Gasteiger partial charge is 0.335 e. The second kappa shape index (κ2) is 5.46. The first-order chi connectivity index (χ1) is 9.45. The van der Waals surface area contributed by atoms with E-state index in [0.29, 0.717) is 5.69 Å². The van der Waals surface area contributed by atoms with Crippen molar-refractivity contribution in [1.82, 2.24) is 9.55 Å². The molecule has 1 aromatic carbocycles. The van der Waals surface area contributed by atoms with Gasteiger partial charge in [0.05, 0.1) is 5.69 Å². The van der Waals surface area contributed by atoms with Gasteiger partial charge in [-0.15, -0.1) is 0 Å². The van der Waals surface area contributed by atoms with E-state index < -0.39 is 17.1 Å². The summed E-state index contributed by atoms with van der Waals surface area (Å²) in [5.74, 6) is -0.439. The number of hydrogen-bond acceptors (Lipinski definition) is 4. The Hall–Kier alpha value is -2.15. The van der Waals surface area contributed by atoms with Crippen molar-refractivity contribution < 1.29 is 5.11 Å². The minimum atomic E-state index is -0.706. The summed E-state index contributed by atoms with van der Waals surface area (Å²) in [6.07, 6.45) is 1.20. The van der Waals surface area contributed by atoms with E-state index in [-0.39, 0.29) is 5.56 Å². The zero-order chi connectivity index (χ0) is 14.9. The average molecular weight is 338 g/mol. The lowest BCUT2D eigenvalue weighted by Gasteiger charge is -2.10. The molecule has 0 unspecified atom stereocenters. The molecule has 0 aliphatic carbocycles. The fourth-order valence-electron chi connectivity index (χ4n) is 1.79. The predicted octanol–water partition coefficient (Wildman–Crippen LogP) is 1.35. The van der Waals surface area contributed by atoms with Gasteiger partial charge in [-0.1, -0.05) is 15.9 Å². The van der Waals surface area contributed by atoms with Crippen LogP contribution in [0.5, 0.6) is 5.88 Å². The molecule has 2 aromatic rings. The number of hydrogen-bond donors (Lipinski definition) is 2. The van der Waals surface area contributed by atoms with E-state index in [4.69, 9.17) is 0 Å². The van der Waals surface area contributed by atoms with Gasteiger partial charge in [-0.3, -0.25) is 14.8 Å². The molecular weight excluding hydrogens is 326 g/mol. The van der Waals surface area contributed by atoms with Crippen molar-refractivity contribution in [3.05, 3.63) is 54.6 Å². The Bertz CT molecular complexity index is 805. The summed E-state index contributed by atoms with van der Waals surface area (Å²) in [5.41, 5.74) is -0.0979. The van der Waals surface area contributed by atoms with Gasteiger partial charge in [0.2, 0.25) is 5.88 Å². The third-order valence-corrected chi connectivity index (χ3v) is 3.67. The number of aromatic hydroxyl groups is 1. The van der Waals surface area contributed by atoms with E-state index in [2.05, 4.69) is 25.9 Å². The monoisotopic (exact) mass is 337 g/mol. The molecule has 1 heterocycles. The molecule has 2 rings (SSSR count). The van der Waals surface area contributed by atoms with E-state index in [1.54, 1.807) is 18.2 Å². The van der Waals surface area contributed by atoms with Crippen molar-refractivity contribution >= 4 is 22.1 Å². The maximum atomic E-state index is 11.9. The van der Waals surface area contributed by atoms with E-state index >= 15 is 0 Å². The molecule has 104 valence electrons. The van der Waals surface area contributed by atoms with Crippen LogP contribution in [0.4, 0.5) is 0 Å². The maximum absolute atomic E-state index is 11.9. The summed E-state index contributed by atoms with van der Waals surface area (Å²) < 4.78 is 1.91. The molecule has 0 saturated heterocycles. The Morgan fingerprint density at radius 3 is 2.70 bits per heavy atom. The van der Waals surface area contributed by atoms with Gasteiger partial charge in [-0.05, 0) is 30.7 Å². The van der Waals surface area contributed by atoms with Crippen molar-refractivity contribution in [2.24, 2.45) is 4.99 Å². The van der Waals surface area contributed by atoms with E-state index in [9.17, 15) is 14.7 Å². The van der Waals surface area contributed by atoms with Crippen LogP contribution < -0.4 is 11.2 Å². The first-order valence-electron chi connectivity index (χ1n) is 5.72. The standard InChI is InChI=1S/C13H12BrN3O3/c1-7-5-8(3-4-10(7)14)17-12(19)9(6-15-2)11(18)16-13(17)20/h3-6,19H,1-2H3,(H,16,18,20). The third kappa shape index (κ3) is 2.44. The molecule has 0 atom stereocenters. The highest BCUT2D eigenvalue weighted by Crippen LogP contribution is 2.21. The van der Waals surface area contributed by atoms with Gasteiger partial charge in [0.15, 0.2) is 0 Å².